The van der Waals surface area contributed by atoms with E-state index < -0.39 is 0 Å². The van der Waals surface area contributed by atoms with Gasteiger partial charge in [0.05, 0.1) is 0 Å². The van der Waals surface area contributed by atoms with E-state index in [9.17, 15) is 9.59 Å². The second kappa shape index (κ2) is 7.93. The molecule has 1 aromatic heterocycles. The zero-order valence-electron chi connectivity index (χ0n) is 13.9. The Morgan fingerprint density at radius 3 is 2.76 bits per heavy atom. The van der Waals surface area contributed by atoms with E-state index in [1.54, 1.807) is 24.3 Å². The van der Waals surface area contributed by atoms with E-state index in [2.05, 4.69) is 15.5 Å². The van der Waals surface area contributed by atoms with Crippen molar-refractivity contribution in [3.8, 4) is 0 Å². The summed E-state index contributed by atoms with van der Waals surface area (Å²) in [6.07, 6.45) is 2.25. The quantitative estimate of drug-likeness (QED) is 0.882. The molecule has 8 heteroatoms. The minimum atomic E-state index is -0.287. The first-order chi connectivity index (χ1) is 12.1. The third kappa shape index (κ3) is 4.35. The van der Waals surface area contributed by atoms with Gasteiger partial charge in [-0.25, -0.2) is 0 Å². The number of benzene rings is 1. The molecule has 1 N–H and O–H groups in total. The molecule has 25 heavy (non-hydrogen) atoms. The minimum absolute atomic E-state index is 0.192. The molecular weight excluding hydrogens is 360 g/mol. The molecule has 2 aromatic rings. The number of nitrogens with zero attached hydrogens (tertiary/aromatic N) is 3. The van der Waals surface area contributed by atoms with Gasteiger partial charge in [-0.15, -0.1) is 10.2 Å². The van der Waals surface area contributed by atoms with Gasteiger partial charge in [0.15, 0.2) is 0 Å². The lowest BCUT2D eigenvalue weighted by Crippen LogP contribution is -2.37. The summed E-state index contributed by atoms with van der Waals surface area (Å²) in [6, 6.07) is 6.97. The third-order valence-corrected chi connectivity index (χ3v) is 5.54. The number of carbonyl (C=O) groups is 2. The summed E-state index contributed by atoms with van der Waals surface area (Å²) in [4.78, 5) is 25.9. The van der Waals surface area contributed by atoms with E-state index >= 15 is 0 Å². The van der Waals surface area contributed by atoms with Crippen LogP contribution in [-0.2, 0) is 4.79 Å². The molecule has 0 saturated carbocycles. The molecule has 1 aliphatic rings. The lowest BCUT2D eigenvalue weighted by molar-refractivity contribution is -0.131. The summed E-state index contributed by atoms with van der Waals surface area (Å²) in [5, 5.41) is 12.7. The van der Waals surface area contributed by atoms with Gasteiger partial charge in [-0.2, -0.15) is 0 Å². The average molecular weight is 379 g/mol. The lowest BCUT2D eigenvalue weighted by Gasteiger charge is -2.30. The molecule has 3 rings (SSSR count). The van der Waals surface area contributed by atoms with Crippen LogP contribution in [0.1, 0.15) is 46.9 Å². The molecule has 1 aliphatic heterocycles. The first kappa shape index (κ1) is 17.8. The van der Waals surface area contributed by atoms with Gasteiger partial charge in [-0.05, 0) is 31.0 Å². The molecule has 2 heterocycles. The van der Waals surface area contributed by atoms with Crippen LogP contribution in [0.25, 0.3) is 0 Å². The molecule has 0 bridgehead atoms. The van der Waals surface area contributed by atoms with Crippen molar-refractivity contribution in [3.63, 3.8) is 0 Å². The molecule has 1 saturated heterocycles. The van der Waals surface area contributed by atoms with Crippen LogP contribution in [0.5, 0.6) is 0 Å². The van der Waals surface area contributed by atoms with Crippen LogP contribution in [0.3, 0.4) is 0 Å². The molecule has 0 spiro atoms. The van der Waals surface area contributed by atoms with Crippen molar-refractivity contribution in [2.24, 2.45) is 0 Å². The monoisotopic (exact) mass is 378 g/mol. The van der Waals surface area contributed by atoms with Gasteiger partial charge in [-0.3, -0.25) is 9.59 Å². The Kier molecular flexibility index (Phi) is 5.65. The predicted molar refractivity (Wildman–Crippen MR) is 98.2 cm³/mol. The van der Waals surface area contributed by atoms with Crippen molar-refractivity contribution >= 4 is 40.4 Å². The van der Waals surface area contributed by atoms with Crippen LogP contribution in [0.2, 0.25) is 5.02 Å². The number of piperidine rings is 1. The van der Waals surface area contributed by atoms with Crippen LogP contribution in [0, 0.1) is 0 Å². The normalized spacial score (nSPS) is 15.2. The smallest absolute Gasteiger partial charge is 0.286 e. The number of anilines is 1. The first-order valence-electron chi connectivity index (χ1n) is 8.25. The molecule has 0 radical (unpaired) electrons. The number of amides is 2. The van der Waals surface area contributed by atoms with E-state index in [4.69, 9.17) is 11.6 Å². The van der Waals surface area contributed by atoms with Gasteiger partial charge in [0.2, 0.25) is 10.9 Å². The largest absolute Gasteiger partial charge is 0.343 e. The standard InChI is InChI=1S/C17H19ClN4O2S/c1-2-14(23)22-8-6-11(7-9-22)16-20-21-17(25-16)15(24)19-13-5-3-4-12(18)10-13/h3-5,10-11H,2,6-9H2,1H3,(H,19,24). The van der Waals surface area contributed by atoms with Crippen LogP contribution >= 0.6 is 22.9 Å². The molecule has 0 aliphatic carbocycles. The fourth-order valence-corrected chi connectivity index (χ4v) is 3.94. The van der Waals surface area contributed by atoms with Crippen molar-refractivity contribution in [1.29, 1.82) is 0 Å². The highest BCUT2D eigenvalue weighted by molar-refractivity contribution is 7.13. The van der Waals surface area contributed by atoms with Crippen molar-refractivity contribution in [3.05, 3.63) is 39.3 Å². The topological polar surface area (TPSA) is 75.2 Å². The summed E-state index contributed by atoms with van der Waals surface area (Å²) in [5.74, 6) is 0.160. The fourth-order valence-electron chi connectivity index (χ4n) is 2.84. The van der Waals surface area contributed by atoms with Crippen molar-refractivity contribution < 1.29 is 9.59 Å². The van der Waals surface area contributed by atoms with Crippen LogP contribution in [0.4, 0.5) is 5.69 Å². The summed E-state index contributed by atoms with van der Waals surface area (Å²) in [6.45, 7) is 3.35. The van der Waals surface area contributed by atoms with Gasteiger partial charge < -0.3 is 10.2 Å². The Bertz CT molecular complexity index is 772. The summed E-state index contributed by atoms with van der Waals surface area (Å²) in [7, 11) is 0. The number of hydrogen-bond donors (Lipinski definition) is 1. The van der Waals surface area contributed by atoms with Gasteiger partial charge in [0.25, 0.3) is 5.91 Å². The summed E-state index contributed by atoms with van der Waals surface area (Å²) < 4.78 is 0. The van der Waals surface area contributed by atoms with Crippen molar-refractivity contribution in [2.75, 3.05) is 18.4 Å². The Balaban J connectivity index is 1.61. The second-order valence-corrected chi connectivity index (χ2v) is 7.36. The number of rotatable bonds is 4. The number of aromatic nitrogens is 2. The zero-order valence-corrected chi connectivity index (χ0v) is 15.4. The number of likely N-dealkylation sites (tertiary alicyclic amines) is 1. The number of nitrogens with one attached hydrogen (secondary N) is 1. The average Bonchev–Trinajstić information content (AvgIpc) is 3.11. The summed E-state index contributed by atoms with van der Waals surface area (Å²) in [5.41, 5.74) is 0.626. The predicted octanol–water partition coefficient (Wildman–Crippen LogP) is 3.56. The maximum atomic E-state index is 12.3. The van der Waals surface area contributed by atoms with E-state index in [0.29, 0.717) is 22.1 Å². The van der Waals surface area contributed by atoms with Crippen LogP contribution in [-0.4, -0.2) is 40.0 Å². The molecule has 1 fully saturated rings. The second-order valence-electron chi connectivity index (χ2n) is 5.92. The van der Waals surface area contributed by atoms with Gasteiger partial charge in [-0.1, -0.05) is 35.9 Å². The van der Waals surface area contributed by atoms with E-state index in [1.165, 1.54) is 11.3 Å². The van der Waals surface area contributed by atoms with Crippen molar-refractivity contribution in [2.45, 2.75) is 32.1 Å². The van der Waals surface area contributed by atoms with Gasteiger partial charge in [0, 0.05) is 36.1 Å². The van der Waals surface area contributed by atoms with Gasteiger partial charge in [0.1, 0.15) is 5.01 Å². The van der Waals surface area contributed by atoms with Gasteiger partial charge >= 0.3 is 0 Å². The Hall–Kier alpha value is -1.99. The molecule has 0 atom stereocenters. The fraction of sp³-hybridized carbons (Fsp3) is 0.412. The highest BCUT2D eigenvalue weighted by Crippen LogP contribution is 2.30. The van der Waals surface area contributed by atoms with Crippen LogP contribution < -0.4 is 5.32 Å². The van der Waals surface area contributed by atoms with E-state index in [-0.39, 0.29) is 17.7 Å². The summed E-state index contributed by atoms with van der Waals surface area (Å²) >= 11 is 7.24. The van der Waals surface area contributed by atoms with E-state index in [1.807, 2.05) is 11.8 Å². The maximum absolute atomic E-state index is 12.3. The lowest BCUT2D eigenvalue weighted by atomic mass is 9.97. The third-order valence-electron chi connectivity index (χ3n) is 4.22. The molecule has 2 amide bonds. The first-order valence-corrected chi connectivity index (χ1v) is 9.44. The Labute approximate surface area is 155 Å². The molecular formula is C17H19ClN4O2S. The van der Waals surface area contributed by atoms with Crippen LogP contribution in [0.15, 0.2) is 24.3 Å². The number of hydrogen-bond acceptors (Lipinski definition) is 5. The number of halogens is 1. The van der Waals surface area contributed by atoms with Crippen molar-refractivity contribution in [1.82, 2.24) is 15.1 Å². The highest BCUT2D eigenvalue weighted by atomic mass is 35.5. The maximum Gasteiger partial charge on any atom is 0.286 e. The SMILES string of the molecule is CCC(=O)N1CCC(c2nnc(C(=O)Nc3cccc(Cl)c3)s2)CC1. The Morgan fingerprint density at radius 2 is 2.08 bits per heavy atom. The molecule has 6 nitrogen and oxygen atoms in total. The highest BCUT2D eigenvalue weighted by Gasteiger charge is 2.26. The molecule has 132 valence electrons. The molecule has 0 unspecified atom stereocenters. The Morgan fingerprint density at radius 1 is 1.32 bits per heavy atom. The van der Waals surface area contributed by atoms with E-state index in [0.717, 1.165) is 30.9 Å². The zero-order chi connectivity index (χ0) is 17.8. The number of carbonyl (C=O) groups excluding carboxylic acids is 2. The molecule has 1 aromatic carbocycles. The minimum Gasteiger partial charge on any atom is -0.343 e.